The zero-order chi connectivity index (χ0) is 16.1. The van der Waals surface area contributed by atoms with Crippen LogP contribution in [-0.2, 0) is 21.6 Å². The lowest BCUT2D eigenvalue weighted by Gasteiger charge is -2.39. The Bertz CT molecular complexity index is 753. The van der Waals surface area contributed by atoms with E-state index in [1.165, 1.54) is 0 Å². The van der Waals surface area contributed by atoms with Gasteiger partial charge >= 0.3 is 5.97 Å². The van der Waals surface area contributed by atoms with Gasteiger partial charge in [-0.05, 0) is 30.0 Å². The summed E-state index contributed by atoms with van der Waals surface area (Å²) in [7, 11) is 0. The number of aliphatic carboxylic acids is 1. The van der Waals surface area contributed by atoms with Crippen LogP contribution in [0.15, 0.2) is 12.1 Å². The molecule has 0 bridgehead atoms. The standard InChI is InChI=1S/C16H17Cl2NO3/c1-8(2)16(7-13(20)21)15-10(3-4-22-16)11-5-9(17)6-12(18)14(11)19-15/h5-6,8,19H,3-4,7H2,1-2H3,(H,20,21). The number of fused-ring (bicyclic) bond motifs is 3. The number of rotatable bonds is 3. The lowest BCUT2D eigenvalue weighted by atomic mass is 9.80. The van der Waals surface area contributed by atoms with Crippen LogP contribution in [0.4, 0.5) is 0 Å². The second kappa shape index (κ2) is 5.44. The zero-order valence-corrected chi connectivity index (χ0v) is 13.9. The molecule has 0 aliphatic carbocycles. The van der Waals surface area contributed by atoms with E-state index in [1.54, 1.807) is 6.07 Å². The van der Waals surface area contributed by atoms with Gasteiger partial charge in [0.1, 0.15) is 5.60 Å². The van der Waals surface area contributed by atoms with Gasteiger partial charge in [0.25, 0.3) is 0 Å². The fraction of sp³-hybridized carbons (Fsp3) is 0.438. The molecule has 1 aliphatic heterocycles. The van der Waals surface area contributed by atoms with Crippen molar-refractivity contribution in [2.75, 3.05) is 6.61 Å². The Balaban J connectivity index is 2.29. The number of carbonyl (C=O) groups is 1. The minimum Gasteiger partial charge on any atom is -0.481 e. The van der Waals surface area contributed by atoms with E-state index in [-0.39, 0.29) is 12.3 Å². The van der Waals surface area contributed by atoms with E-state index < -0.39 is 11.6 Å². The highest BCUT2D eigenvalue weighted by molar-refractivity contribution is 6.38. The van der Waals surface area contributed by atoms with Gasteiger partial charge in [-0.2, -0.15) is 0 Å². The Labute approximate surface area is 138 Å². The minimum absolute atomic E-state index is 0.00459. The molecule has 1 atom stereocenters. The van der Waals surface area contributed by atoms with Crippen molar-refractivity contribution in [2.24, 2.45) is 5.92 Å². The summed E-state index contributed by atoms with van der Waals surface area (Å²) >= 11 is 12.4. The molecule has 0 amide bonds. The smallest absolute Gasteiger partial charge is 0.306 e. The van der Waals surface area contributed by atoms with Gasteiger partial charge in [-0.1, -0.05) is 37.0 Å². The first-order chi connectivity index (χ1) is 10.3. The lowest BCUT2D eigenvalue weighted by Crippen LogP contribution is -2.42. The molecule has 1 aromatic carbocycles. The van der Waals surface area contributed by atoms with Crippen LogP contribution in [0.2, 0.25) is 10.0 Å². The summed E-state index contributed by atoms with van der Waals surface area (Å²) in [5, 5.41) is 11.4. The second-order valence-electron chi connectivity index (χ2n) is 6.00. The normalized spacial score (nSPS) is 21.3. The average molecular weight is 342 g/mol. The van der Waals surface area contributed by atoms with Gasteiger partial charge in [-0.3, -0.25) is 4.79 Å². The number of carboxylic acid groups (broad SMARTS) is 1. The van der Waals surface area contributed by atoms with E-state index in [0.717, 1.165) is 22.2 Å². The average Bonchev–Trinajstić information content (AvgIpc) is 2.78. The molecule has 0 fully saturated rings. The topological polar surface area (TPSA) is 62.3 Å². The number of hydrogen-bond acceptors (Lipinski definition) is 2. The number of hydrogen-bond donors (Lipinski definition) is 2. The molecular weight excluding hydrogens is 325 g/mol. The van der Waals surface area contributed by atoms with Crippen molar-refractivity contribution in [3.63, 3.8) is 0 Å². The van der Waals surface area contributed by atoms with Crippen LogP contribution in [0.3, 0.4) is 0 Å². The van der Waals surface area contributed by atoms with E-state index in [2.05, 4.69) is 4.98 Å². The maximum absolute atomic E-state index is 11.4. The highest BCUT2D eigenvalue weighted by Gasteiger charge is 2.45. The summed E-state index contributed by atoms with van der Waals surface area (Å²) in [4.78, 5) is 14.7. The van der Waals surface area contributed by atoms with E-state index in [4.69, 9.17) is 27.9 Å². The van der Waals surface area contributed by atoms with Crippen LogP contribution in [0, 0.1) is 5.92 Å². The molecule has 4 nitrogen and oxygen atoms in total. The fourth-order valence-corrected chi connectivity index (χ4v) is 3.87. The third kappa shape index (κ3) is 2.30. The van der Waals surface area contributed by atoms with Crippen molar-refractivity contribution >= 4 is 40.1 Å². The number of aromatic nitrogens is 1. The molecule has 0 saturated carbocycles. The number of nitrogens with one attached hydrogen (secondary N) is 1. The molecule has 1 aliphatic rings. The van der Waals surface area contributed by atoms with Crippen LogP contribution in [0.5, 0.6) is 0 Å². The lowest BCUT2D eigenvalue weighted by molar-refractivity contribution is -0.154. The van der Waals surface area contributed by atoms with Gasteiger partial charge in [0, 0.05) is 10.4 Å². The number of benzene rings is 1. The Morgan fingerprint density at radius 3 is 2.82 bits per heavy atom. The number of carboxylic acids is 1. The van der Waals surface area contributed by atoms with E-state index in [0.29, 0.717) is 23.1 Å². The quantitative estimate of drug-likeness (QED) is 0.870. The van der Waals surface area contributed by atoms with Gasteiger partial charge in [-0.15, -0.1) is 0 Å². The molecule has 3 rings (SSSR count). The molecule has 0 radical (unpaired) electrons. The number of halogens is 2. The predicted molar refractivity (Wildman–Crippen MR) is 86.7 cm³/mol. The van der Waals surface area contributed by atoms with Crippen molar-refractivity contribution in [1.29, 1.82) is 0 Å². The SMILES string of the molecule is CC(C)C1(CC(=O)O)OCCc2c1[nH]c1c(Cl)cc(Cl)cc21. The Morgan fingerprint density at radius 1 is 1.45 bits per heavy atom. The Morgan fingerprint density at radius 2 is 2.18 bits per heavy atom. The summed E-state index contributed by atoms with van der Waals surface area (Å²) in [6.07, 6.45) is 0.621. The highest BCUT2D eigenvalue weighted by atomic mass is 35.5. The van der Waals surface area contributed by atoms with Gasteiger partial charge < -0.3 is 14.8 Å². The minimum atomic E-state index is -0.885. The van der Waals surface area contributed by atoms with Crippen molar-refractivity contribution in [1.82, 2.24) is 4.98 Å². The maximum atomic E-state index is 11.4. The maximum Gasteiger partial charge on any atom is 0.306 e. The van der Waals surface area contributed by atoms with Crippen LogP contribution < -0.4 is 0 Å². The van der Waals surface area contributed by atoms with Crippen LogP contribution in [-0.4, -0.2) is 22.7 Å². The summed E-state index contributed by atoms with van der Waals surface area (Å²) in [5.41, 5.74) is 1.79. The van der Waals surface area contributed by atoms with Crippen molar-refractivity contribution in [3.05, 3.63) is 33.4 Å². The highest BCUT2D eigenvalue weighted by Crippen LogP contribution is 2.45. The van der Waals surface area contributed by atoms with Gasteiger partial charge in [-0.25, -0.2) is 0 Å². The molecule has 1 unspecified atom stereocenters. The third-order valence-electron chi connectivity index (χ3n) is 4.41. The van der Waals surface area contributed by atoms with Crippen LogP contribution in [0.25, 0.3) is 10.9 Å². The molecule has 2 heterocycles. The van der Waals surface area contributed by atoms with Gasteiger partial charge in [0.05, 0.1) is 29.3 Å². The number of aromatic amines is 1. The zero-order valence-electron chi connectivity index (χ0n) is 12.4. The molecule has 2 aromatic rings. The third-order valence-corrected chi connectivity index (χ3v) is 4.93. The predicted octanol–water partition coefficient (Wildman–Crippen LogP) is 4.37. The molecule has 0 spiro atoms. The first-order valence-electron chi connectivity index (χ1n) is 7.21. The first-order valence-corrected chi connectivity index (χ1v) is 7.96. The van der Waals surface area contributed by atoms with E-state index in [1.807, 2.05) is 19.9 Å². The Kier molecular flexibility index (Phi) is 3.87. The molecule has 0 saturated heterocycles. The van der Waals surface area contributed by atoms with E-state index in [9.17, 15) is 9.90 Å². The molecule has 118 valence electrons. The van der Waals surface area contributed by atoms with Crippen LogP contribution in [0.1, 0.15) is 31.5 Å². The Hall–Kier alpha value is -1.23. The van der Waals surface area contributed by atoms with Crippen molar-refractivity contribution < 1.29 is 14.6 Å². The molecule has 6 heteroatoms. The summed E-state index contributed by atoms with van der Waals surface area (Å²) in [5.74, 6) is -0.880. The van der Waals surface area contributed by atoms with Crippen LogP contribution >= 0.6 is 23.2 Å². The van der Waals surface area contributed by atoms with E-state index >= 15 is 0 Å². The molecule has 1 aromatic heterocycles. The monoisotopic (exact) mass is 341 g/mol. The summed E-state index contributed by atoms with van der Waals surface area (Å²) < 4.78 is 5.98. The summed E-state index contributed by atoms with van der Waals surface area (Å²) in [6, 6.07) is 3.55. The number of ether oxygens (including phenoxy) is 1. The van der Waals surface area contributed by atoms with Crippen molar-refractivity contribution in [2.45, 2.75) is 32.3 Å². The largest absolute Gasteiger partial charge is 0.481 e. The first kappa shape index (κ1) is 15.7. The van der Waals surface area contributed by atoms with Gasteiger partial charge in [0.2, 0.25) is 0 Å². The fourth-order valence-electron chi connectivity index (χ4n) is 3.33. The van der Waals surface area contributed by atoms with Crippen molar-refractivity contribution in [3.8, 4) is 0 Å². The van der Waals surface area contributed by atoms with Gasteiger partial charge in [0.15, 0.2) is 0 Å². The molecule has 2 N–H and O–H groups in total. The molecule has 22 heavy (non-hydrogen) atoms. The number of H-pyrrole nitrogens is 1. The molecular formula is C16H17Cl2NO3. The summed E-state index contributed by atoms with van der Waals surface area (Å²) in [6.45, 7) is 4.42. The second-order valence-corrected chi connectivity index (χ2v) is 6.85.